The molecule has 1 aromatic rings. The van der Waals surface area contributed by atoms with Crippen molar-refractivity contribution < 1.29 is 0 Å². The number of benzene rings is 1. The van der Waals surface area contributed by atoms with E-state index < -0.39 is 0 Å². The highest BCUT2D eigenvalue weighted by atomic mass is 14.8. The lowest BCUT2D eigenvalue weighted by atomic mass is 9.87. The number of hydrogen-bond donors (Lipinski definition) is 1. The van der Waals surface area contributed by atoms with Crippen LogP contribution in [-0.2, 0) is 5.41 Å². The van der Waals surface area contributed by atoms with Crippen molar-refractivity contribution in [2.75, 3.05) is 5.32 Å². The van der Waals surface area contributed by atoms with Gasteiger partial charge in [0, 0.05) is 11.9 Å². The summed E-state index contributed by atoms with van der Waals surface area (Å²) in [5.74, 6) is 0. The Kier molecular flexibility index (Phi) is 3.91. The molecule has 86 valence electrons. The summed E-state index contributed by atoms with van der Waals surface area (Å²) in [6.07, 6.45) is 1.42. The third-order valence-corrected chi connectivity index (χ3v) is 2.35. The average Bonchev–Trinajstić information content (AvgIpc) is 2.30. The summed E-state index contributed by atoms with van der Waals surface area (Å²) in [6.45, 7) is 6.41. The van der Waals surface area contributed by atoms with E-state index in [2.05, 4.69) is 32.2 Å². The van der Waals surface area contributed by atoms with Crippen molar-refractivity contribution in [2.45, 2.75) is 26.2 Å². The molecule has 0 heterocycles. The molecule has 0 amide bonds. The number of hydrogen-bond acceptors (Lipinski definition) is 3. The maximum absolute atomic E-state index is 8.61. The van der Waals surface area contributed by atoms with Crippen LogP contribution in [0.4, 0.5) is 5.69 Å². The van der Waals surface area contributed by atoms with E-state index in [0.717, 1.165) is 5.69 Å². The van der Waals surface area contributed by atoms with E-state index in [9.17, 15) is 0 Å². The van der Waals surface area contributed by atoms with E-state index in [1.165, 1.54) is 11.8 Å². The van der Waals surface area contributed by atoms with Crippen molar-refractivity contribution in [1.82, 2.24) is 0 Å². The fourth-order valence-corrected chi connectivity index (χ4v) is 1.32. The lowest BCUT2D eigenvalue weighted by Crippen LogP contribution is -2.10. The van der Waals surface area contributed by atoms with Crippen molar-refractivity contribution >= 4 is 5.69 Å². The molecule has 1 N–H and O–H groups in total. The van der Waals surface area contributed by atoms with Gasteiger partial charge >= 0.3 is 0 Å². The predicted octanol–water partition coefficient (Wildman–Crippen LogP) is 3.33. The van der Waals surface area contributed by atoms with Crippen LogP contribution in [0.1, 0.15) is 26.3 Å². The second-order valence-corrected chi connectivity index (χ2v) is 4.76. The van der Waals surface area contributed by atoms with Crippen molar-refractivity contribution in [2.24, 2.45) is 0 Å². The number of nitriles is 2. The van der Waals surface area contributed by atoms with Gasteiger partial charge in [0.1, 0.15) is 17.7 Å². The average molecular weight is 225 g/mol. The fraction of sp³-hybridized carbons (Fsp3) is 0.286. The molecule has 0 bridgehead atoms. The first-order valence-corrected chi connectivity index (χ1v) is 5.35. The lowest BCUT2D eigenvalue weighted by Gasteiger charge is -2.19. The van der Waals surface area contributed by atoms with E-state index in [1.807, 2.05) is 18.2 Å². The molecule has 0 radical (unpaired) electrons. The fourth-order valence-electron chi connectivity index (χ4n) is 1.32. The summed E-state index contributed by atoms with van der Waals surface area (Å²) in [7, 11) is 0. The molecule has 0 fully saturated rings. The molecule has 0 atom stereocenters. The van der Waals surface area contributed by atoms with Gasteiger partial charge < -0.3 is 5.32 Å². The molecule has 0 aliphatic carbocycles. The Bertz CT molecular complexity index is 491. The van der Waals surface area contributed by atoms with Crippen LogP contribution in [0.5, 0.6) is 0 Å². The lowest BCUT2D eigenvalue weighted by molar-refractivity contribution is 0.590. The van der Waals surface area contributed by atoms with E-state index in [4.69, 9.17) is 10.5 Å². The van der Waals surface area contributed by atoms with Gasteiger partial charge in [0.25, 0.3) is 0 Å². The zero-order valence-electron chi connectivity index (χ0n) is 10.3. The van der Waals surface area contributed by atoms with Gasteiger partial charge in [-0.25, -0.2) is 0 Å². The summed E-state index contributed by atoms with van der Waals surface area (Å²) >= 11 is 0. The topological polar surface area (TPSA) is 59.6 Å². The minimum atomic E-state index is 0.0613. The number of nitrogens with zero attached hydrogens (tertiary/aromatic N) is 2. The molecule has 0 unspecified atom stereocenters. The summed E-state index contributed by atoms with van der Waals surface area (Å²) < 4.78 is 0. The predicted molar refractivity (Wildman–Crippen MR) is 68.1 cm³/mol. The highest BCUT2D eigenvalue weighted by Crippen LogP contribution is 2.24. The van der Waals surface area contributed by atoms with Gasteiger partial charge in [0.05, 0.1) is 0 Å². The van der Waals surface area contributed by atoms with Crippen LogP contribution in [0, 0.1) is 22.7 Å². The van der Waals surface area contributed by atoms with Crippen LogP contribution >= 0.6 is 0 Å². The van der Waals surface area contributed by atoms with Crippen LogP contribution in [-0.4, -0.2) is 0 Å². The Morgan fingerprint density at radius 2 is 1.88 bits per heavy atom. The molecular formula is C14H15N3. The van der Waals surface area contributed by atoms with Gasteiger partial charge in [0.15, 0.2) is 0 Å². The molecule has 3 nitrogen and oxygen atoms in total. The van der Waals surface area contributed by atoms with Gasteiger partial charge in [-0.15, -0.1) is 0 Å². The van der Waals surface area contributed by atoms with E-state index in [1.54, 1.807) is 12.1 Å². The molecule has 0 saturated heterocycles. The van der Waals surface area contributed by atoms with Crippen LogP contribution in [0.2, 0.25) is 0 Å². The Morgan fingerprint density at radius 3 is 2.41 bits per heavy atom. The molecule has 0 aliphatic heterocycles. The van der Waals surface area contributed by atoms with E-state index >= 15 is 0 Å². The van der Waals surface area contributed by atoms with Gasteiger partial charge in [-0.1, -0.05) is 32.9 Å². The first kappa shape index (κ1) is 12.8. The number of nitrogens with one attached hydrogen (secondary N) is 1. The summed E-state index contributed by atoms with van der Waals surface area (Å²) in [6, 6.07) is 11.5. The van der Waals surface area contributed by atoms with Crippen LogP contribution in [0.15, 0.2) is 36.0 Å². The Morgan fingerprint density at radius 1 is 1.24 bits per heavy atom. The number of allylic oxidation sites excluding steroid dienone is 1. The Balaban J connectivity index is 2.93. The highest BCUT2D eigenvalue weighted by Gasteiger charge is 2.13. The monoisotopic (exact) mass is 225 g/mol. The summed E-state index contributed by atoms with van der Waals surface area (Å²) in [5, 5.41) is 20.2. The molecule has 0 aliphatic rings. The molecule has 0 saturated carbocycles. The van der Waals surface area contributed by atoms with Crippen molar-refractivity contribution in [3.63, 3.8) is 0 Å². The molecular weight excluding hydrogens is 210 g/mol. The maximum atomic E-state index is 8.61. The normalized spacial score (nSPS) is 9.94. The quantitative estimate of drug-likeness (QED) is 0.785. The Hall–Kier alpha value is -2.26. The van der Waals surface area contributed by atoms with E-state index in [0.29, 0.717) is 0 Å². The molecule has 1 rings (SSSR count). The second-order valence-electron chi connectivity index (χ2n) is 4.76. The van der Waals surface area contributed by atoms with Gasteiger partial charge in [-0.3, -0.25) is 0 Å². The van der Waals surface area contributed by atoms with Gasteiger partial charge in [-0.05, 0) is 23.1 Å². The first-order chi connectivity index (χ1) is 7.97. The molecule has 17 heavy (non-hydrogen) atoms. The number of anilines is 1. The van der Waals surface area contributed by atoms with Gasteiger partial charge in [-0.2, -0.15) is 10.5 Å². The first-order valence-electron chi connectivity index (χ1n) is 5.35. The van der Waals surface area contributed by atoms with Crippen molar-refractivity contribution in [1.29, 1.82) is 10.5 Å². The van der Waals surface area contributed by atoms with E-state index in [-0.39, 0.29) is 11.0 Å². The summed E-state index contributed by atoms with van der Waals surface area (Å²) in [5.41, 5.74) is 2.22. The van der Waals surface area contributed by atoms with Crippen LogP contribution in [0.25, 0.3) is 0 Å². The largest absolute Gasteiger partial charge is 0.360 e. The maximum Gasteiger partial charge on any atom is 0.145 e. The Labute approximate surface area is 102 Å². The summed E-state index contributed by atoms with van der Waals surface area (Å²) in [4.78, 5) is 0. The second kappa shape index (κ2) is 5.18. The molecule has 1 aromatic carbocycles. The SMILES string of the molecule is CC(C)(C)c1cccc(NC=C(C#N)C#N)c1. The van der Waals surface area contributed by atoms with Crippen LogP contribution in [0.3, 0.4) is 0 Å². The van der Waals surface area contributed by atoms with Crippen molar-refractivity contribution in [3.05, 3.63) is 41.6 Å². The smallest absolute Gasteiger partial charge is 0.145 e. The molecule has 0 aromatic heterocycles. The zero-order valence-corrected chi connectivity index (χ0v) is 10.3. The van der Waals surface area contributed by atoms with Crippen molar-refractivity contribution in [3.8, 4) is 12.1 Å². The third-order valence-electron chi connectivity index (χ3n) is 2.35. The van der Waals surface area contributed by atoms with Crippen LogP contribution < -0.4 is 5.32 Å². The molecule has 0 spiro atoms. The minimum Gasteiger partial charge on any atom is -0.360 e. The minimum absolute atomic E-state index is 0.0613. The standard InChI is InChI=1S/C14H15N3/c1-14(2,3)12-5-4-6-13(7-12)17-10-11(8-15)9-16/h4-7,10,17H,1-3H3. The zero-order chi connectivity index (χ0) is 12.9. The third kappa shape index (κ3) is 3.66. The molecule has 3 heteroatoms. The van der Waals surface area contributed by atoms with Gasteiger partial charge in [0.2, 0.25) is 0 Å². The number of rotatable bonds is 2. The highest BCUT2D eigenvalue weighted by molar-refractivity contribution is 5.51.